The third kappa shape index (κ3) is 3.66. The molecule has 4 heteroatoms. The molecule has 0 radical (unpaired) electrons. The minimum Gasteiger partial charge on any atom is -0.325 e. The van der Waals surface area contributed by atoms with Gasteiger partial charge in [-0.05, 0) is 43.6 Å². The normalized spacial score (nSPS) is 28.5. The van der Waals surface area contributed by atoms with Crippen molar-refractivity contribution in [1.29, 1.82) is 0 Å². The first kappa shape index (κ1) is 15.2. The molecule has 110 valence electrons. The zero-order valence-electron chi connectivity index (χ0n) is 12.4. The minimum atomic E-state index is 0.0879. The number of nitrogens with zero attached hydrogens (tertiary/aromatic N) is 1. The van der Waals surface area contributed by atoms with Gasteiger partial charge in [-0.1, -0.05) is 26.2 Å². The van der Waals surface area contributed by atoms with Gasteiger partial charge in [0.15, 0.2) is 0 Å². The number of carbonyl (C=O) groups is 1. The van der Waals surface area contributed by atoms with Crippen LogP contribution in [0.4, 0.5) is 0 Å². The van der Waals surface area contributed by atoms with E-state index < -0.39 is 0 Å². The fourth-order valence-corrected chi connectivity index (χ4v) is 3.91. The van der Waals surface area contributed by atoms with Gasteiger partial charge >= 0.3 is 0 Å². The number of nitrogens with one attached hydrogen (secondary N) is 1. The van der Waals surface area contributed by atoms with Crippen LogP contribution in [-0.2, 0) is 4.79 Å². The largest absolute Gasteiger partial charge is 0.325 e. The average Bonchev–Trinajstić information content (AvgIpc) is 3.02. The Balaban J connectivity index is 1.97. The van der Waals surface area contributed by atoms with E-state index in [0.717, 1.165) is 31.6 Å². The first-order valence-electron chi connectivity index (χ1n) is 7.83. The number of rotatable bonds is 7. The zero-order valence-corrected chi connectivity index (χ0v) is 13.2. The molecule has 0 bridgehead atoms. The predicted octanol–water partition coefficient (Wildman–Crippen LogP) is 2.86. The van der Waals surface area contributed by atoms with Crippen LogP contribution in [0, 0.1) is 5.92 Å². The highest BCUT2D eigenvalue weighted by Crippen LogP contribution is 2.32. The molecule has 1 aliphatic heterocycles. The van der Waals surface area contributed by atoms with E-state index in [0.29, 0.717) is 18.0 Å². The molecule has 1 amide bonds. The summed E-state index contributed by atoms with van der Waals surface area (Å²) in [5.41, 5.74) is 0. The molecular formula is C15H28N2OS. The lowest BCUT2D eigenvalue weighted by molar-refractivity contribution is -0.130. The van der Waals surface area contributed by atoms with Crippen LogP contribution in [0.5, 0.6) is 0 Å². The van der Waals surface area contributed by atoms with Gasteiger partial charge in [0.2, 0.25) is 5.91 Å². The Hall–Kier alpha value is -0.220. The van der Waals surface area contributed by atoms with Crippen molar-refractivity contribution in [2.24, 2.45) is 5.92 Å². The van der Waals surface area contributed by atoms with Crippen molar-refractivity contribution in [3.8, 4) is 0 Å². The maximum Gasteiger partial charge on any atom is 0.241 e. The van der Waals surface area contributed by atoms with Crippen LogP contribution in [0.25, 0.3) is 0 Å². The Morgan fingerprint density at radius 1 is 1.37 bits per heavy atom. The molecule has 3 nitrogen and oxygen atoms in total. The van der Waals surface area contributed by atoms with Gasteiger partial charge in [0.1, 0.15) is 0 Å². The van der Waals surface area contributed by atoms with Gasteiger partial charge in [-0.25, -0.2) is 0 Å². The molecule has 1 N–H and O–H groups in total. The monoisotopic (exact) mass is 284 g/mol. The molecule has 0 spiro atoms. The maximum atomic E-state index is 12.5. The summed E-state index contributed by atoms with van der Waals surface area (Å²) in [7, 11) is 0. The highest BCUT2D eigenvalue weighted by atomic mass is 32.2. The Kier molecular flexibility index (Phi) is 6.02. The van der Waals surface area contributed by atoms with E-state index in [1.165, 1.54) is 25.7 Å². The molecular weight excluding hydrogens is 256 g/mol. The number of hydrogen-bond acceptors (Lipinski definition) is 3. The highest BCUT2D eigenvalue weighted by Gasteiger charge is 2.42. The van der Waals surface area contributed by atoms with E-state index in [9.17, 15) is 4.79 Å². The summed E-state index contributed by atoms with van der Waals surface area (Å²) in [4.78, 5) is 14.7. The van der Waals surface area contributed by atoms with Gasteiger partial charge in [-0.15, -0.1) is 0 Å². The van der Waals surface area contributed by atoms with Crippen molar-refractivity contribution in [3.05, 3.63) is 0 Å². The van der Waals surface area contributed by atoms with E-state index in [2.05, 4.69) is 23.4 Å². The summed E-state index contributed by atoms with van der Waals surface area (Å²) in [5.74, 6) is 2.21. The molecule has 2 rings (SSSR count). The van der Waals surface area contributed by atoms with E-state index >= 15 is 0 Å². The Morgan fingerprint density at radius 2 is 2.11 bits per heavy atom. The number of hydrogen-bond donors (Lipinski definition) is 1. The quantitative estimate of drug-likeness (QED) is 0.730. The second kappa shape index (κ2) is 7.53. The SMILES string of the molecule is CCCC1NC(C2CCCC2)N(CCCSC)C1=O. The van der Waals surface area contributed by atoms with Crippen LogP contribution >= 0.6 is 11.8 Å². The molecule has 2 aliphatic rings. The summed E-state index contributed by atoms with van der Waals surface area (Å²) >= 11 is 1.87. The number of carbonyl (C=O) groups excluding carboxylic acids is 1. The topological polar surface area (TPSA) is 32.3 Å². The van der Waals surface area contributed by atoms with E-state index in [1.807, 2.05) is 11.8 Å². The molecule has 1 heterocycles. The van der Waals surface area contributed by atoms with Crippen molar-refractivity contribution in [2.75, 3.05) is 18.6 Å². The van der Waals surface area contributed by atoms with Gasteiger partial charge < -0.3 is 4.90 Å². The summed E-state index contributed by atoms with van der Waals surface area (Å²) in [5, 5.41) is 3.63. The predicted molar refractivity (Wildman–Crippen MR) is 82.3 cm³/mol. The third-order valence-electron chi connectivity index (χ3n) is 4.46. The van der Waals surface area contributed by atoms with Crippen molar-refractivity contribution in [3.63, 3.8) is 0 Å². The minimum absolute atomic E-state index is 0.0879. The molecule has 1 saturated heterocycles. The van der Waals surface area contributed by atoms with Crippen LogP contribution in [0.15, 0.2) is 0 Å². The van der Waals surface area contributed by atoms with Gasteiger partial charge in [0.25, 0.3) is 0 Å². The third-order valence-corrected chi connectivity index (χ3v) is 5.16. The molecule has 0 aromatic carbocycles. The smallest absolute Gasteiger partial charge is 0.241 e. The lowest BCUT2D eigenvalue weighted by Crippen LogP contribution is -2.43. The number of amides is 1. The zero-order chi connectivity index (χ0) is 13.7. The van der Waals surface area contributed by atoms with E-state index in [1.54, 1.807) is 0 Å². The summed E-state index contributed by atoms with van der Waals surface area (Å²) in [6.45, 7) is 3.10. The molecule has 2 unspecified atom stereocenters. The van der Waals surface area contributed by atoms with Crippen LogP contribution in [0.1, 0.15) is 51.9 Å². The summed E-state index contributed by atoms with van der Waals surface area (Å²) < 4.78 is 0. The van der Waals surface area contributed by atoms with Crippen LogP contribution < -0.4 is 5.32 Å². The van der Waals surface area contributed by atoms with Gasteiger partial charge in [0.05, 0.1) is 12.2 Å². The maximum absolute atomic E-state index is 12.5. The summed E-state index contributed by atoms with van der Waals surface area (Å²) in [6.07, 6.45) is 10.9. The average molecular weight is 284 g/mol. The molecule has 0 aromatic rings. The molecule has 19 heavy (non-hydrogen) atoms. The van der Waals surface area contributed by atoms with Crippen LogP contribution in [-0.4, -0.2) is 41.6 Å². The van der Waals surface area contributed by atoms with Gasteiger partial charge in [-0.3, -0.25) is 10.1 Å². The van der Waals surface area contributed by atoms with Crippen molar-refractivity contribution >= 4 is 17.7 Å². The summed E-state index contributed by atoms with van der Waals surface area (Å²) in [6, 6.07) is 0.0879. The lowest BCUT2D eigenvalue weighted by Gasteiger charge is -2.29. The standard InChI is InChI=1S/C15H28N2OS/c1-3-7-13-15(18)17(10-6-11-19-2)14(16-13)12-8-4-5-9-12/h12-14,16H,3-11H2,1-2H3. The number of thioether (sulfide) groups is 1. The van der Waals surface area contributed by atoms with E-state index in [4.69, 9.17) is 0 Å². The first-order chi connectivity index (χ1) is 9.27. The van der Waals surface area contributed by atoms with Crippen molar-refractivity contribution < 1.29 is 4.79 Å². The molecule has 1 saturated carbocycles. The Labute approximate surface area is 121 Å². The Bertz CT molecular complexity index is 292. The van der Waals surface area contributed by atoms with Gasteiger partial charge in [0, 0.05) is 6.54 Å². The fraction of sp³-hybridized carbons (Fsp3) is 0.933. The molecule has 1 aliphatic carbocycles. The lowest BCUT2D eigenvalue weighted by atomic mass is 10.0. The molecule has 2 atom stereocenters. The van der Waals surface area contributed by atoms with E-state index in [-0.39, 0.29) is 6.04 Å². The fourth-order valence-electron chi connectivity index (χ4n) is 3.49. The highest BCUT2D eigenvalue weighted by molar-refractivity contribution is 7.98. The van der Waals surface area contributed by atoms with Crippen molar-refractivity contribution in [2.45, 2.75) is 64.1 Å². The first-order valence-corrected chi connectivity index (χ1v) is 9.22. The van der Waals surface area contributed by atoms with Crippen molar-refractivity contribution in [1.82, 2.24) is 10.2 Å². The van der Waals surface area contributed by atoms with Crippen LogP contribution in [0.3, 0.4) is 0 Å². The molecule has 0 aromatic heterocycles. The Morgan fingerprint density at radius 3 is 2.74 bits per heavy atom. The van der Waals surface area contributed by atoms with Gasteiger partial charge in [-0.2, -0.15) is 11.8 Å². The van der Waals surface area contributed by atoms with Crippen LogP contribution in [0.2, 0.25) is 0 Å². The second-order valence-electron chi connectivity index (χ2n) is 5.88. The molecule has 2 fully saturated rings. The second-order valence-corrected chi connectivity index (χ2v) is 6.86.